The fourth-order valence-corrected chi connectivity index (χ4v) is 2.22. The third-order valence-electron chi connectivity index (χ3n) is 3.06. The Morgan fingerprint density at radius 2 is 2.43 bits per heavy atom. The Balaban J connectivity index is 1.89. The van der Waals surface area contributed by atoms with E-state index in [1.54, 1.807) is 6.26 Å². The monoisotopic (exact) mass is 198 g/mol. The van der Waals surface area contributed by atoms with Gasteiger partial charge in [-0.25, -0.2) is 0 Å². The van der Waals surface area contributed by atoms with E-state index in [1.165, 1.54) is 0 Å². The lowest BCUT2D eigenvalue weighted by molar-refractivity contribution is -0.119. The summed E-state index contributed by atoms with van der Waals surface area (Å²) < 4.78 is 10.7. The molecule has 2 aliphatic rings. The van der Waals surface area contributed by atoms with Crippen LogP contribution in [0.5, 0.6) is 0 Å². The van der Waals surface area contributed by atoms with E-state index < -0.39 is 5.60 Å². The van der Waals surface area contributed by atoms with Crippen molar-refractivity contribution in [1.29, 1.82) is 0 Å². The molecule has 14 heavy (non-hydrogen) atoms. The molecular formula is C11H18O3. The Hall–Kier alpha value is -0.540. The van der Waals surface area contributed by atoms with E-state index in [-0.39, 0.29) is 6.10 Å². The van der Waals surface area contributed by atoms with Crippen molar-refractivity contribution in [3.05, 3.63) is 11.8 Å². The molecule has 0 bridgehead atoms. The summed E-state index contributed by atoms with van der Waals surface area (Å²) in [5, 5.41) is 10.2. The first-order valence-corrected chi connectivity index (χ1v) is 5.40. The maximum Gasteiger partial charge on any atom is 0.0938 e. The Kier molecular flexibility index (Phi) is 2.79. The highest BCUT2D eigenvalue weighted by Gasteiger charge is 2.46. The van der Waals surface area contributed by atoms with Crippen molar-refractivity contribution in [2.45, 2.75) is 44.3 Å². The first-order valence-electron chi connectivity index (χ1n) is 5.40. The molecule has 1 fully saturated rings. The van der Waals surface area contributed by atoms with E-state index in [4.69, 9.17) is 9.47 Å². The molecule has 0 unspecified atom stereocenters. The molecule has 3 heteroatoms. The van der Waals surface area contributed by atoms with Crippen molar-refractivity contribution < 1.29 is 14.6 Å². The molecule has 0 radical (unpaired) electrons. The smallest absolute Gasteiger partial charge is 0.0938 e. The van der Waals surface area contributed by atoms with Crippen LogP contribution in [-0.4, -0.2) is 30.0 Å². The number of aliphatic hydroxyl groups is 1. The number of hydrogen-bond donors (Lipinski definition) is 1. The topological polar surface area (TPSA) is 38.7 Å². The minimum Gasteiger partial charge on any atom is -0.501 e. The van der Waals surface area contributed by atoms with Gasteiger partial charge in [0, 0.05) is 19.4 Å². The van der Waals surface area contributed by atoms with Gasteiger partial charge in [0.15, 0.2) is 0 Å². The summed E-state index contributed by atoms with van der Waals surface area (Å²) in [5.74, 6) is 0. The molecule has 0 spiro atoms. The van der Waals surface area contributed by atoms with Gasteiger partial charge >= 0.3 is 0 Å². The molecule has 0 saturated heterocycles. The molecule has 0 amide bonds. The van der Waals surface area contributed by atoms with E-state index in [2.05, 4.69) is 0 Å². The first kappa shape index (κ1) is 9.99. The van der Waals surface area contributed by atoms with Gasteiger partial charge < -0.3 is 14.6 Å². The predicted molar refractivity (Wildman–Crippen MR) is 52.9 cm³/mol. The van der Waals surface area contributed by atoms with Crippen LogP contribution in [-0.2, 0) is 9.47 Å². The Bertz CT molecular complexity index is 229. The Labute approximate surface area is 84.7 Å². The normalized spacial score (nSPS) is 37.0. The highest BCUT2D eigenvalue weighted by Crippen LogP contribution is 2.42. The van der Waals surface area contributed by atoms with E-state index in [0.29, 0.717) is 0 Å². The molecule has 1 heterocycles. The van der Waals surface area contributed by atoms with Crippen molar-refractivity contribution in [3.8, 4) is 0 Å². The molecule has 1 N–H and O–H groups in total. The van der Waals surface area contributed by atoms with Gasteiger partial charge in [0.25, 0.3) is 0 Å². The zero-order valence-corrected chi connectivity index (χ0v) is 8.66. The zero-order valence-electron chi connectivity index (χ0n) is 8.66. The molecule has 3 nitrogen and oxygen atoms in total. The lowest BCUT2D eigenvalue weighted by atomic mass is 9.71. The van der Waals surface area contributed by atoms with Gasteiger partial charge in [-0.05, 0) is 25.3 Å². The molecule has 2 rings (SSSR count). The van der Waals surface area contributed by atoms with E-state index in [9.17, 15) is 5.11 Å². The second kappa shape index (κ2) is 3.91. The van der Waals surface area contributed by atoms with Crippen LogP contribution in [0.15, 0.2) is 11.8 Å². The van der Waals surface area contributed by atoms with Gasteiger partial charge in [-0.2, -0.15) is 0 Å². The maximum atomic E-state index is 10.2. The fourth-order valence-electron chi connectivity index (χ4n) is 2.22. The summed E-state index contributed by atoms with van der Waals surface area (Å²) >= 11 is 0. The zero-order chi connectivity index (χ0) is 10.0. The maximum absolute atomic E-state index is 10.2. The molecule has 0 atom stereocenters. The van der Waals surface area contributed by atoms with Crippen molar-refractivity contribution in [3.63, 3.8) is 0 Å². The van der Waals surface area contributed by atoms with Crippen molar-refractivity contribution in [2.75, 3.05) is 13.2 Å². The minimum atomic E-state index is -0.625. The third kappa shape index (κ3) is 1.79. The Morgan fingerprint density at radius 3 is 3.00 bits per heavy atom. The summed E-state index contributed by atoms with van der Waals surface area (Å²) in [6.07, 6.45) is 5.44. The van der Waals surface area contributed by atoms with Gasteiger partial charge in [0.2, 0.25) is 0 Å². The Morgan fingerprint density at radius 1 is 1.64 bits per heavy atom. The standard InChI is InChI=1S/C11H18O3/c1-2-14-10-6-11(12,7-10)9-4-3-5-13-8-9/h8,10,12H,2-7H2,1H3. The van der Waals surface area contributed by atoms with Crippen LogP contribution in [0.2, 0.25) is 0 Å². The van der Waals surface area contributed by atoms with Crippen molar-refractivity contribution in [1.82, 2.24) is 0 Å². The molecule has 0 aromatic carbocycles. The van der Waals surface area contributed by atoms with Crippen LogP contribution in [0.4, 0.5) is 0 Å². The summed E-state index contributed by atoms with van der Waals surface area (Å²) in [4.78, 5) is 0. The minimum absolute atomic E-state index is 0.243. The lowest BCUT2D eigenvalue weighted by Crippen LogP contribution is -2.50. The quantitative estimate of drug-likeness (QED) is 0.748. The van der Waals surface area contributed by atoms with Crippen LogP contribution in [0.25, 0.3) is 0 Å². The molecule has 1 aliphatic carbocycles. The fraction of sp³-hybridized carbons (Fsp3) is 0.818. The van der Waals surface area contributed by atoms with Gasteiger partial charge in [-0.1, -0.05) is 0 Å². The summed E-state index contributed by atoms with van der Waals surface area (Å²) in [5.41, 5.74) is 0.431. The van der Waals surface area contributed by atoms with Crippen molar-refractivity contribution in [2.24, 2.45) is 0 Å². The summed E-state index contributed by atoms with van der Waals surface area (Å²) in [6, 6.07) is 0. The van der Waals surface area contributed by atoms with E-state index >= 15 is 0 Å². The SMILES string of the molecule is CCOC1CC(O)(C2=COCCC2)C1. The molecular weight excluding hydrogens is 180 g/mol. The van der Waals surface area contributed by atoms with Crippen LogP contribution in [0.1, 0.15) is 32.6 Å². The molecule has 1 saturated carbocycles. The summed E-state index contributed by atoms with van der Waals surface area (Å²) in [6.45, 7) is 3.51. The summed E-state index contributed by atoms with van der Waals surface area (Å²) in [7, 11) is 0. The van der Waals surface area contributed by atoms with Gasteiger partial charge in [0.05, 0.1) is 24.6 Å². The van der Waals surface area contributed by atoms with Crippen LogP contribution >= 0.6 is 0 Å². The van der Waals surface area contributed by atoms with Crippen molar-refractivity contribution >= 4 is 0 Å². The second-order valence-corrected chi connectivity index (χ2v) is 4.13. The van der Waals surface area contributed by atoms with Gasteiger partial charge in [0.1, 0.15) is 0 Å². The number of rotatable bonds is 3. The molecule has 80 valence electrons. The largest absolute Gasteiger partial charge is 0.501 e. The second-order valence-electron chi connectivity index (χ2n) is 4.13. The highest BCUT2D eigenvalue weighted by atomic mass is 16.5. The number of ether oxygens (including phenoxy) is 2. The average Bonchev–Trinajstić information content (AvgIpc) is 2.17. The molecule has 1 aliphatic heterocycles. The van der Waals surface area contributed by atoms with Gasteiger partial charge in [-0.3, -0.25) is 0 Å². The third-order valence-corrected chi connectivity index (χ3v) is 3.06. The van der Waals surface area contributed by atoms with Crippen LogP contribution < -0.4 is 0 Å². The average molecular weight is 198 g/mol. The van der Waals surface area contributed by atoms with Crippen LogP contribution in [0.3, 0.4) is 0 Å². The van der Waals surface area contributed by atoms with E-state index in [0.717, 1.165) is 44.5 Å². The first-order chi connectivity index (χ1) is 6.74. The highest BCUT2D eigenvalue weighted by molar-refractivity contribution is 5.21. The lowest BCUT2D eigenvalue weighted by Gasteiger charge is -2.45. The van der Waals surface area contributed by atoms with Gasteiger partial charge in [-0.15, -0.1) is 0 Å². The number of hydrogen-bond acceptors (Lipinski definition) is 3. The molecule has 0 aromatic heterocycles. The molecule has 0 aromatic rings. The van der Waals surface area contributed by atoms with Crippen LogP contribution in [0, 0.1) is 0 Å². The van der Waals surface area contributed by atoms with E-state index in [1.807, 2.05) is 6.92 Å². The predicted octanol–water partition coefficient (Wildman–Crippen LogP) is 1.61.